The molecule has 11 heteroatoms. The van der Waals surface area contributed by atoms with Crippen molar-refractivity contribution >= 4 is 11.9 Å². The zero-order valence-electron chi connectivity index (χ0n) is 22.6. The van der Waals surface area contributed by atoms with Gasteiger partial charge in [0.1, 0.15) is 0 Å². The van der Waals surface area contributed by atoms with Gasteiger partial charge >= 0.3 is 24.4 Å². The fraction of sp³-hybridized carbons (Fsp3) is 0.483. The van der Waals surface area contributed by atoms with Crippen LogP contribution in [0.4, 0.5) is 13.2 Å². The maximum Gasteiger partial charge on any atom is 0.418 e. The molecule has 4 heterocycles. The zero-order valence-corrected chi connectivity index (χ0v) is 22.6. The standard InChI is InChI=1S/C29H33F3N6O2/c1-35-18-33-34-27(35)26(20-6-3-7-20)21-8-4-9-22(13-21)37-16-25-24(29(30,31)32)12-19(15-38(25)28(37)39)14-36-11-5-10-23(36)17-40-2/h4,8-9,12-13,15-16,18,20,23,26H,3,5-7,10-11,14,17H2,1-2H3/q+1/t23-,26+/m0/s1. The van der Waals surface area contributed by atoms with Crippen molar-refractivity contribution in [3.8, 4) is 5.69 Å². The number of methoxy groups -OCH3 is 1. The van der Waals surface area contributed by atoms with Gasteiger partial charge in [-0.05, 0) is 72.6 Å². The van der Waals surface area contributed by atoms with E-state index in [0.717, 1.165) is 54.8 Å². The van der Waals surface area contributed by atoms with Crippen LogP contribution in [0.25, 0.3) is 11.2 Å². The van der Waals surface area contributed by atoms with Gasteiger partial charge in [-0.2, -0.15) is 13.2 Å². The highest BCUT2D eigenvalue weighted by atomic mass is 19.4. The number of halogens is 3. The Hall–Kier alpha value is -3.31. The third-order valence-electron chi connectivity index (χ3n) is 8.53. The summed E-state index contributed by atoms with van der Waals surface area (Å²) >= 11 is 0. The molecule has 0 amide bonds. The van der Waals surface area contributed by atoms with Crippen molar-refractivity contribution in [2.75, 3.05) is 27.3 Å². The van der Waals surface area contributed by atoms with E-state index >= 15 is 0 Å². The second-order valence-electron chi connectivity index (χ2n) is 11.1. The van der Waals surface area contributed by atoms with E-state index in [1.54, 1.807) is 25.7 Å². The minimum atomic E-state index is -4.61. The molecule has 6 rings (SSSR count). The predicted octanol–water partition coefficient (Wildman–Crippen LogP) is 5.23. The Balaban J connectivity index is 1.40. The molecule has 40 heavy (non-hydrogen) atoms. The van der Waals surface area contributed by atoms with E-state index < -0.39 is 17.4 Å². The smallest absolute Gasteiger partial charge is 0.383 e. The molecule has 1 radical (unpaired) electrons. The van der Waals surface area contributed by atoms with Gasteiger partial charge in [-0.15, -0.1) is 0 Å². The number of likely N-dealkylation sites (tertiary alicyclic amines) is 1. The Morgan fingerprint density at radius 3 is 2.65 bits per heavy atom. The normalized spacial score (nSPS) is 21.3. The van der Waals surface area contributed by atoms with Crippen molar-refractivity contribution < 1.29 is 22.5 Å². The molecule has 2 aromatic heterocycles. The van der Waals surface area contributed by atoms with Crippen LogP contribution in [0.1, 0.15) is 54.7 Å². The van der Waals surface area contributed by atoms with Gasteiger partial charge in [0.15, 0.2) is 0 Å². The number of imidazole rings is 1. The first kappa shape index (κ1) is 26.9. The SMILES string of the molecule is COC[C@@H]1CCCN1Cc1cc(C(F)(F)F)c2cn(-c3cccc([C@H]([C]4N=NC=[N+]4C)C4CCC4)c3)c(=O)n2c1. The molecule has 2 atom stereocenters. The first-order valence-corrected chi connectivity index (χ1v) is 13.8. The molecule has 0 N–H and O–H groups in total. The maximum atomic E-state index is 14.3. The molecule has 1 aliphatic carbocycles. The summed E-state index contributed by atoms with van der Waals surface area (Å²) in [6, 6.07) is 8.82. The summed E-state index contributed by atoms with van der Waals surface area (Å²) in [5, 5.41) is 8.42. The minimum absolute atomic E-state index is 0.00761. The van der Waals surface area contributed by atoms with Crippen LogP contribution in [0.5, 0.6) is 0 Å². The molecular formula is C29H33F3N6O2+. The van der Waals surface area contributed by atoms with Gasteiger partial charge in [0.2, 0.25) is 0 Å². The zero-order chi connectivity index (χ0) is 28.0. The summed E-state index contributed by atoms with van der Waals surface area (Å²) in [4.78, 5) is 15.8. The Bertz CT molecular complexity index is 1520. The highest BCUT2D eigenvalue weighted by Gasteiger charge is 2.42. The molecule has 8 nitrogen and oxygen atoms in total. The van der Waals surface area contributed by atoms with E-state index in [2.05, 4.69) is 15.1 Å². The number of benzene rings is 1. The van der Waals surface area contributed by atoms with E-state index in [1.165, 1.54) is 16.8 Å². The second-order valence-corrected chi connectivity index (χ2v) is 11.1. The highest BCUT2D eigenvalue weighted by Crippen LogP contribution is 2.46. The van der Waals surface area contributed by atoms with Crippen molar-refractivity contribution in [3.05, 3.63) is 76.1 Å². The number of azo groups is 1. The number of rotatable bonds is 8. The number of ether oxygens (including phenoxy) is 1. The number of alkyl halides is 3. The van der Waals surface area contributed by atoms with E-state index in [1.807, 2.05) is 29.8 Å². The lowest BCUT2D eigenvalue weighted by atomic mass is 9.71. The lowest BCUT2D eigenvalue weighted by Crippen LogP contribution is -2.32. The Morgan fingerprint density at radius 1 is 1.15 bits per heavy atom. The third kappa shape index (κ3) is 4.89. The topological polar surface area (TPSA) is 66.6 Å². The Morgan fingerprint density at radius 2 is 1.98 bits per heavy atom. The molecule has 1 saturated carbocycles. The van der Waals surface area contributed by atoms with Crippen LogP contribution in [0, 0.1) is 12.1 Å². The van der Waals surface area contributed by atoms with E-state index in [0.29, 0.717) is 30.3 Å². The quantitative estimate of drug-likeness (QED) is 0.358. The number of fused-ring (bicyclic) bond motifs is 1. The van der Waals surface area contributed by atoms with Crippen LogP contribution in [0.15, 0.2) is 57.7 Å². The van der Waals surface area contributed by atoms with Crippen molar-refractivity contribution in [3.63, 3.8) is 0 Å². The summed E-state index contributed by atoms with van der Waals surface area (Å²) in [6.07, 6.45) is 5.94. The van der Waals surface area contributed by atoms with Gasteiger partial charge in [-0.25, -0.2) is 9.37 Å². The Kier molecular flexibility index (Phi) is 7.12. The first-order valence-electron chi connectivity index (χ1n) is 13.8. The van der Waals surface area contributed by atoms with E-state index in [-0.39, 0.29) is 17.5 Å². The monoisotopic (exact) mass is 554 g/mol. The molecule has 0 unspecified atom stereocenters. The number of hydrogen-bond acceptors (Lipinski definition) is 5. The van der Waals surface area contributed by atoms with Gasteiger partial charge < -0.3 is 4.74 Å². The van der Waals surface area contributed by atoms with Gasteiger partial charge in [0.05, 0.1) is 41.5 Å². The predicted molar refractivity (Wildman–Crippen MR) is 144 cm³/mol. The fourth-order valence-corrected chi connectivity index (χ4v) is 6.31. The molecule has 211 valence electrons. The molecule has 0 spiro atoms. The molecule has 3 aromatic rings. The van der Waals surface area contributed by atoms with Crippen molar-refractivity contribution in [1.82, 2.24) is 13.9 Å². The molecule has 1 aromatic carbocycles. The van der Waals surface area contributed by atoms with Crippen LogP contribution in [-0.2, 0) is 17.5 Å². The van der Waals surface area contributed by atoms with Gasteiger partial charge in [-0.1, -0.05) is 18.6 Å². The van der Waals surface area contributed by atoms with Crippen LogP contribution in [-0.4, -0.2) is 58.1 Å². The van der Waals surface area contributed by atoms with Crippen LogP contribution in [0.2, 0.25) is 0 Å². The lowest BCUT2D eigenvalue weighted by Gasteiger charge is -2.34. The average molecular weight is 555 g/mol. The summed E-state index contributed by atoms with van der Waals surface area (Å²) in [5.41, 5.74) is 0.427. The molecule has 2 aliphatic heterocycles. The summed E-state index contributed by atoms with van der Waals surface area (Å²) in [5.74, 6) is 0.390. The largest absolute Gasteiger partial charge is 0.418 e. The van der Waals surface area contributed by atoms with Crippen LogP contribution >= 0.6 is 0 Å². The molecule has 3 aliphatic rings. The molecular weight excluding hydrogens is 521 g/mol. The lowest BCUT2D eigenvalue weighted by molar-refractivity contribution is -0.480. The second kappa shape index (κ2) is 10.6. The number of nitrogens with zero attached hydrogens (tertiary/aromatic N) is 6. The van der Waals surface area contributed by atoms with Gasteiger partial charge in [-0.3, -0.25) is 13.9 Å². The fourth-order valence-electron chi connectivity index (χ4n) is 6.31. The number of hydrogen-bond donors (Lipinski definition) is 0. The van der Waals surface area contributed by atoms with Crippen molar-refractivity contribution in [2.24, 2.45) is 16.1 Å². The van der Waals surface area contributed by atoms with E-state index in [4.69, 9.17) is 4.74 Å². The van der Waals surface area contributed by atoms with Crippen LogP contribution in [0.3, 0.4) is 0 Å². The van der Waals surface area contributed by atoms with E-state index in [9.17, 15) is 18.0 Å². The first-order chi connectivity index (χ1) is 19.2. The van der Waals surface area contributed by atoms with Gasteiger partial charge in [0, 0.05) is 32.1 Å². The number of pyridine rings is 1. The number of likely N-dealkylation sites (N-methyl/N-ethyl adjacent to an activating group) is 1. The van der Waals surface area contributed by atoms with Crippen LogP contribution < -0.4 is 5.69 Å². The summed E-state index contributed by atoms with van der Waals surface area (Å²) < 4.78 is 52.5. The molecule has 0 bridgehead atoms. The van der Waals surface area contributed by atoms with Crippen molar-refractivity contribution in [2.45, 2.75) is 56.8 Å². The third-order valence-corrected chi connectivity index (χ3v) is 8.53. The van der Waals surface area contributed by atoms with Gasteiger partial charge in [0.25, 0.3) is 0 Å². The van der Waals surface area contributed by atoms with Crippen molar-refractivity contribution in [1.29, 1.82) is 0 Å². The highest BCUT2D eigenvalue weighted by molar-refractivity contribution is 5.58. The average Bonchev–Trinajstić information content (AvgIpc) is 3.60. The molecule has 2 fully saturated rings. The summed E-state index contributed by atoms with van der Waals surface area (Å²) in [7, 11) is 3.54. The number of aromatic nitrogens is 2. The Labute approximate surface area is 230 Å². The maximum absolute atomic E-state index is 14.3. The molecule has 1 saturated heterocycles. The minimum Gasteiger partial charge on any atom is -0.383 e. The summed E-state index contributed by atoms with van der Waals surface area (Å²) in [6.45, 7) is 1.63.